The highest BCUT2D eigenvalue weighted by molar-refractivity contribution is 6.03. The lowest BCUT2D eigenvalue weighted by Crippen LogP contribution is -2.19. The van der Waals surface area contributed by atoms with Gasteiger partial charge in [-0.25, -0.2) is 14.4 Å². The Kier molecular flexibility index (Phi) is 4.08. The third-order valence-corrected chi connectivity index (χ3v) is 4.30. The van der Waals surface area contributed by atoms with Gasteiger partial charge in [0.25, 0.3) is 5.91 Å². The van der Waals surface area contributed by atoms with Crippen molar-refractivity contribution in [1.29, 1.82) is 0 Å². The summed E-state index contributed by atoms with van der Waals surface area (Å²) in [6, 6.07) is 15.6. The van der Waals surface area contributed by atoms with Crippen LogP contribution in [0.4, 0.5) is 21.6 Å². The Bertz CT molecular complexity index is 989. The van der Waals surface area contributed by atoms with E-state index in [0.29, 0.717) is 17.3 Å². The number of carbonyl (C=O) groups is 1. The number of para-hydroxylation sites is 1. The topological polar surface area (TPSA) is 58.1 Å². The zero-order valence-electron chi connectivity index (χ0n) is 14.2. The van der Waals surface area contributed by atoms with Crippen LogP contribution in [0.3, 0.4) is 0 Å². The van der Waals surface area contributed by atoms with Crippen molar-refractivity contribution in [2.24, 2.45) is 0 Å². The second-order valence-electron chi connectivity index (χ2n) is 6.15. The lowest BCUT2D eigenvalue weighted by Gasteiger charge is -2.19. The van der Waals surface area contributed by atoms with Crippen molar-refractivity contribution in [3.05, 3.63) is 77.5 Å². The predicted molar refractivity (Wildman–Crippen MR) is 98.3 cm³/mol. The number of hydrogen-bond acceptors (Lipinski definition) is 4. The molecule has 1 N–H and O–H groups in total. The number of benzene rings is 2. The van der Waals surface area contributed by atoms with E-state index in [1.807, 2.05) is 18.2 Å². The number of aryl methyl sites for hydroxylation is 1. The van der Waals surface area contributed by atoms with Crippen LogP contribution >= 0.6 is 0 Å². The van der Waals surface area contributed by atoms with Gasteiger partial charge in [0.05, 0.1) is 0 Å². The van der Waals surface area contributed by atoms with Crippen molar-refractivity contribution in [1.82, 2.24) is 9.97 Å². The Hall–Kier alpha value is -3.28. The maximum Gasteiger partial charge on any atom is 0.274 e. The molecule has 0 fully saturated rings. The molecule has 1 amide bonds. The minimum Gasteiger partial charge on any atom is -0.326 e. The number of carbonyl (C=O) groups excluding carboxylic acids is 1. The standard InChI is InChI=1S/C20H17FN4O/c1-13-22-17(20(26)24-16-7-4-6-15(21)11-16)12-19(23-13)25-10-9-14-5-2-3-8-18(14)25/h2-8,11-12H,9-10H2,1H3,(H,24,26). The van der Waals surface area contributed by atoms with Crippen LogP contribution in [-0.4, -0.2) is 22.4 Å². The van der Waals surface area contributed by atoms with Crippen molar-refractivity contribution < 1.29 is 9.18 Å². The number of amides is 1. The molecule has 26 heavy (non-hydrogen) atoms. The Morgan fingerprint density at radius 2 is 1.96 bits per heavy atom. The summed E-state index contributed by atoms with van der Waals surface area (Å²) < 4.78 is 13.3. The first-order chi connectivity index (χ1) is 12.6. The fraction of sp³-hybridized carbons (Fsp3) is 0.150. The molecule has 3 aromatic rings. The van der Waals surface area contributed by atoms with E-state index in [-0.39, 0.29) is 5.69 Å². The van der Waals surface area contributed by atoms with Gasteiger partial charge < -0.3 is 10.2 Å². The van der Waals surface area contributed by atoms with Gasteiger partial charge in [0.15, 0.2) is 0 Å². The average molecular weight is 348 g/mol. The number of halogens is 1. The van der Waals surface area contributed by atoms with Crippen LogP contribution in [-0.2, 0) is 6.42 Å². The Morgan fingerprint density at radius 3 is 2.81 bits per heavy atom. The van der Waals surface area contributed by atoms with Crippen molar-refractivity contribution in [3.63, 3.8) is 0 Å². The number of fused-ring (bicyclic) bond motifs is 1. The number of nitrogens with zero attached hydrogens (tertiary/aromatic N) is 3. The van der Waals surface area contributed by atoms with Crippen LogP contribution < -0.4 is 10.2 Å². The van der Waals surface area contributed by atoms with Crippen molar-refractivity contribution in [2.45, 2.75) is 13.3 Å². The molecular formula is C20H17FN4O. The van der Waals surface area contributed by atoms with Gasteiger partial charge in [-0.05, 0) is 43.2 Å². The SMILES string of the molecule is Cc1nc(C(=O)Nc2cccc(F)c2)cc(N2CCc3ccccc32)n1. The summed E-state index contributed by atoms with van der Waals surface area (Å²) in [5, 5.41) is 2.68. The summed E-state index contributed by atoms with van der Waals surface area (Å²) in [5.74, 6) is 0.397. The number of nitrogens with one attached hydrogen (secondary N) is 1. The van der Waals surface area contributed by atoms with Crippen LogP contribution in [0.1, 0.15) is 21.9 Å². The third kappa shape index (κ3) is 3.13. The van der Waals surface area contributed by atoms with Crippen LogP contribution in [0, 0.1) is 12.7 Å². The third-order valence-electron chi connectivity index (χ3n) is 4.30. The van der Waals surface area contributed by atoms with E-state index in [2.05, 4.69) is 26.3 Å². The molecule has 0 aliphatic carbocycles. The molecule has 1 aromatic heterocycles. The Labute approximate surface area is 150 Å². The number of rotatable bonds is 3. The first-order valence-corrected chi connectivity index (χ1v) is 8.38. The summed E-state index contributed by atoms with van der Waals surface area (Å²) >= 11 is 0. The van der Waals surface area contributed by atoms with Crippen LogP contribution in [0.25, 0.3) is 0 Å². The maximum absolute atomic E-state index is 13.3. The lowest BCUT2D eigenvalue weighted by molar-refractivity contribution is 0.102. The summed E-state index contributed by atoms with van der Waals surface area (Å²) in [6.07, 6.45) is 0.935. The van der Waals surface area contributed by atoms with E-state index >= 15 is 0 Å². The monoisotopic (exact) mass is 348 g/mol. The number of hydrogen-bond donors (Lipinski definition) is 1. The molecule has 0 bridgehead atoms. The van der Waals surface area contributed by atoms with Gasteiger partial charge >= 0.3 is 0 Å². The highest BCUT2D eigenvalue weighted by atomic mass is 19.1. The lowest BCUT2D eigenvalue weighted by atomic mass is 10.2. The molecule has 130 valence electrons. The average Bonchev–Trinajstić information content (AvgIpc) is 3.05. The van der Waals surface area contributed by atoms with Crippen LogP contribution in [0.15, 0.2) is 54.6 Å². The van der Waals surface area contributed by atoms with Crippen molar-refractivity contribution in [3.8, 4) is 0 Å². The van der Waals surface area contributed by atoms with Gasteiger partial charge in [-0.15, -0.1) is 0 Å². The first kappa shape index (κ1) is 16.2. The van der Waals surface area contributed by atoms with E-state index in [0.717, 1.165) is 18.7 Å². The predicted octanol–water partition coefficient (Wildman–Crippen LogP) is 3.87. The molecular weight excluding hydrogens is 331 g/mol. The summed E-state index contributed by atoms with van der Waals surface area (Å²) in [6.45, 7) is 2.56. The molecule has 6 heteroatoms. The zero-order valence-corrected chi connectivity index (χ0v) is 14.2. The van der Waals surface area contributed by atoms with Crippen LogP contribution in [0.5, 0.6) is 0 Å². The van der Waals surface area contributed by atoms with Gasteiger partial charge in [0, 0.05) is 24.0 Å². The van der Waals surface area contributed by atoms with Gasteiger partial charge in [-0.1, -0.05) is 24.3 Å². The highest BCUT2D eigenvalue weighted by Crippen LogP contribution is 2.33. The van der Waals surface area contributed by atoms with Gasteiger partial charge in [0.1, 0.15) is 23.2 Å². The molecule has 0 unspecified atom stereocenters. The van der Waals surface area contributed by atoms with Gasteiger partial charge in [0.2, 0.25) is 0 Å². The molecule has 0 atom stereocenters. The zero-order chi connectivity index (χ0) is 18.1. The molecule has 0 saturated carbocycles. The molecule has 5 nitrogen and oxygen atoms in total. The van der Waals surface area contributed by atoms with E-state index in [1.165, 1.54) is 17.7 Å². The van der Waals surface area contributed by atoms with E-state index < -0.39 is 11.7 Å². The summed E-state index contributed by atoms with van der Waals surface area (Å²) in [4.78, 5) is 23.4. The summed E-state index contributed by atoms with van der Waals surface area (Å²) in [7, 11) is 0. The quantitative estimate of drug-likeness (QED) is 0.781. The molecule has 0 radical (unpaired) electrons. The van der Waals surface area contributed by atoms with Gasteiger partial charge in [-0.2, -0.15) is 0 Å². The molecule has 0 saturated heterocycles. The Morgan fingerprint density at radius 1 is 1.12 bits per heavy atom. The van der Waals surface area contributed by atoms with Crippen molar-refractivity contribution in [2.75, 3.05) is 16.8 Å². The van der Waals surface area contributed by atoms with Gasteiger partial charge in [-0.3, -0.25) is 4.79 Å². The molecule has 4 rings (SSSR count). The minimum absolute atomic E-state index is 0.251. The number of aromatic nitrogens is 2. The first-order valence-electron chi connectivity index (χ1n) is 8.38. The fourth-order valence-electron chi connectivity index (χ4n) is 3.14. The molecule has 1 aliphatic heterocycles. The second kappa shape index (κ2) is 6.55. The Balaban J connectivity index is 1.64. The smallest absolute Gasteiger partial charge is 0.274 e. The van der Waals surface area contributed by atoms with E-state index in [4.69, 9.17) is 0 Å². The van der Waals surface area contributed by atoms with E-state index in [9.17, 15) is 9.18 Å². The van der Waals surface area contributed by atoms with E-state index in [1.54, 1.807) is 25.1 Å². The molecule has 2 aromatic carbocycles. The summed E-state index contributed by atoms with van der Waals surface area (Å²) in [5.41, 5.74) is 3.00. The normalized spacial score (nSPS) is 12.8. The maximum atomic E-state index is 13.3. The fourth-order valence-corrected chi connectivity index (χ4v) is 3.14. The van der Waals surface area contributed by atoms with Crippen molar-refractivity contribution >= 4 is 23.1 Å². The number of anilines is 3. The molecule has 1 aliphatic rings. The minimum atomic E-state index is -0.406. The van der Waals surface area contributed by atoms with Crippen LogP contribution in [0.2, 0.25) is 0 Å². The highest BCUT2D eigenvalue weighted by Gasteiger charge is 2.22. The largest absolute Gasteiger partial charge is 0.326 e. The second-order valence-corrected chi connectivity index (χ2v) is 6.15. The molecule has 2 heterocycles. The molecule has 0 spiro atoms.